The van der Waals surface area contributed by atoms with Crippen molar-refractivity contribution >= 4 is 11.7 Å². The molecule has 0 fully saturated rings. The highest BCUT2D eigenvalue weighted by Gasteiger charge is 2.02. The van der Waals surface area contributed by atoms with Crippen LogP contribution in [0.2, 0.25) is 0 Å². The molecule has 1 heterocycles. The summed E-state index contributed by atoms with van der Waals surface area (Å²) in [6, 6.07) is 7.24. The molecule has 1 aromatic carbocycles. The van der Waals surface area contributed by atoms with Gasteiger partial charge in [0.05, 0.1) is 19.9 Å². The van der Waals surface area contributed by atoms with Gasteiger partial charge in [0.2, 0.25) is 0 Å². The fourth-order valence-corrected chi connectivity index (χ4v) is 1.39. The zero-order chi connectivity index (χ0) is 13.5. The fraction of sp³-hybridized carbons (Fsp3) is 0.231. The summed E-state index contributed by atoms with van der Waals surface area (Å²) >= 11 is 0. The van der Waals surface area contributed by atoms with E-state index in [0.29, 0.717) is 12.3 Å². The first-order valence-corrected chi connectivity index (χ1v) is 5.69. The third-order valence-corrected chi connectivity index (χ3v) is 2.39. The van der Waals surface area contributed by atoms with Gasteiger partial charge in [-0.3, -0.25) is 0 Å². The quantitative estimate of drug-likeness (QED) is 0.801. The molecule has 0 saturated heterocycles. The van der Waals surface area contributed by atoms with E-state index in [-0.39, 0.29) is 6.61 Å². The van der Waals surface area contributed by atoms with Crippen molar-refractivity contribution in [3.8, 4) is 5.75 Å². The first kappa shape index (κ1) is 12.9. The van der Waals surface area contributed by atoms with Crippen LogP contribution in [0.4, 0.5) is 5.69 Å². The molecular weight excluding hydrogens is 248 g/mol. The first-order chi connectivity index (χ1) is 9.28. The van der Waals surface area contributed by atoms with E-state index in [1.54, 1.807) is 18.3 Å². The molecule has 0 atom stereocenters. The van der Waals surface area contributed by atoms with E-state index < -0.39 is 5.97 Å². The zero-order valence-corrected chi connectivity index (χ0v) is 10.5. The second-order valence-electron chi connectivity index (χ2n) is 3.71. The van der Waals surface area contributed by atoms with Crippen LogP contribution in [0.3, 0.4) is 0 Å². The Balaban J connectivity index is 1.82. The summed E-state index contributed by atoms with van der Waals surface area (Å²) in [5, 5.41) is 3.17. The van der Waals surface area contributed by atoms with Crippen molar-refractivity contribution in [3.05, 3.63) is 42.6 Å². The number of benzene rings is 1. The van der Waals surface area contributed by atoms with Gasteiger partial charge in [-0.1, -0.05) is 0 Å². The Bertz CT molecular complexity index is 508. The lowest BCUT2D eigenvalue weighted by atomic mass is 10.3. The maximum atomic E-state index is 10.9. The van der Waals surface area contributed by atoms with Gasteiger partial charge >= 0.3 is 5.97 Å². The number of methoxy groups -OCH3 is 1. The summed E-state index contributed by atoms with van der Waals surface area (Å²) in [7, 11) is 1.32. The average Bonchev–Trinajstić information content (AvgIpc) is 2.97. The predicted molar refractivity (Wildman–Crippen MR) is 67.8 cm³/mol. The van der Waals surface area contributed by atoms with Crippen molar-refractivity contribution in [2.45, 2.75) is 6.54 Å². The van der Waals surface area contributed by atoms with Crippen LogP contribution in [-0.4, -0.2) is 24.7 Å². The van der Waals surface area contributed by atoms with Crippen molar-refractivity contribution in [2.75, 3.05) is 19.0 Å². The first-order valence-electron chi connectivity index (χ1n) is 5.69. The number of carbonyl (C=O) groups excluding carboxylic acids is 1. The number of carbonyl (C=O) groups is 1. The van der Waals surface area contributed by atoms with Gasteiger partial charge in [0.25, 0.3) is 0 Å². The number of nitrogens with zero attached hydrogens (tertiary/aromatic N) is 1. The molecule has 0 bridgehead atoms. The Morgan fingerprint density at radius 2 is 2.16 bits per heavy atom. The third-order valence-electron chi connectivity index (χ3n) is 2.39. The monoisotopic (exact) mass is 262 g/mol. The molecule has 19 heavy (non-hydrogen) atoms. The van der Waals surface area contributed by atoms with Gasteiger partial charge in [-0.2, -0.15) is 0 Å². The van der Waals surface area contributed by atoms with Gasteiger partial charge in [0.1, 0.15) is 11.5 Å². The molecule has 0 radical (unpaired) electrons. The molecule has 6 nitrogen and oxygen atoms in total. The number of anilines is 1. The minimum absolute atomic E-state index is 0.0959. The number of hydrogen-bond acceptors (Lipinski definition) is 6. The lowest BCUT2D eigenvalue weighted by Gasteiger charge is -2.07. The SMILES string of the molecule is COC(=O)COc1ccc(NCc2cnco2)cc1. The number of aromatic nitrogens is 1. The maximum Gasteiger partial charge on any atom is 0.343 e. The molecule has 0 aliphatic rings. The molecule has 2 rings (SSSR count). The second-order valence-corrected chi connectivity index (χ2v) is 3.71. The molecule has 6 heteroatoms. The highest BCUT2D eigenvalue weighted by Crippen LogP contribution is 2.16. The molecule has 0 spiro atoms. The van der Waals surface area contributed by atoms with E-state index in [0.717, 1.165) is 11.4 Å². The Morgan fingerprint density at radius 3 is 2.79 bits per heavy atom. The Kier molecular flexibility index (Phi) is 4.39. The summed E-state index contributed by atoms with van der Waals surface area (Å²) in [6.07, 6.45) is 3.04. The van der Waals surface area contributed by atoms with Crippen molar-refractivity contribution in [2.24, 2.45) is 0 Å². The third kappa shape index (κ3) is 4.02. The molecule has 100 valence electrons. The second kappa shape index (κ2) is 6.44. The van der Waals surface area contributed by atoms with Gasteiger partial charge in [0.15, 0.2) is 13.0 Å². The molecule has 1 aromatic heterocycles. The summed E-state index contributed by atoms with van der Waals surface area (Å²) in [4.78, 5) is 14.7. The molecular formula is C13H14N2O4. The van der Waals surface area contributed by atoms with Gasteiger partial charge in [0, 0.05) is 5.69 Å². The van der Waals surface area contributed by atoms with E-state index in [9.17, 15) is 4.79 Å². The maximum absolute atomic E-state index is 10.9. The molecule has 1 N–H and O–H groups in total. The summed E-state index contributed by atoms with van der Waals surface area (Å²) in [6.45, 7) is 0.462. The zero-order valence-electron chi connectivity index (χ0n) is 10.5. The van der Waals surface area contributed by atoms with Gasteiger partial charge in [-0.15, -0.1) is 0 Å². The minimum Gasteiger partial charge on any atom is -0.482 e. The van der Waals surface area contributed by atoms with Crippen LogP contribution in [0.25, 0.3) is 0 Å². The van der Waals surface area contributed by atoms with Crippen LogP contribution in [0.15, 0.2) is 41.3 Å². The molecule has 2 aromatic rings. The number of rotatable bonds is 6. The van der Waals surface area contributed by atoms with Crippen molar-refractivity contribution in [1.29, 1.82) is 0 Å². The van der Waals surface area contributed by atoms with Crippen LogP contribution in [0, 0.1) is 0 Å². The molecule has 0 unspecified atom stereocenters. The topological polar surface area (TPSA) is 73.6 Å². The molecule has 0 aliphatic carbocycles. The van der Waals surface area contributed by atoms with E-state index >= 15 is 0 Å². The van der Waals surface area contributed by atoms with E-state index in [1.165, 1.54) is 13.5 Å². The lowest BCUT2D eigenvalue weighted by Crippen LogP contribution is -2.12. The molecule has 0 amide bonds. The van der Waals surface area contributed by atoms with Gasteiger partial charge in [-0.05, 0) is 24.3 Å². The highest BCUT2D eigenvalue weighted by molar-refractivity contribution is 5.70. The Morgan fingerprint density at radius 1 is 1.37 bits per heavy atom. The van der Waals surface area contributed by atoms with Crippen molar-refractivity contribution in [3.63, 3.8) is 0 Å². The van der Waals surface area contributed by atoms with Crippen LogP contribution in [-0.2, 0) is 16.1 Å². The van der Waals surface area contributed by atoms with Gasteiger partial charge in [-0.25, -0.2) is 9.78 Å². The van der Waals surface area contributed by atoms with Crippen molar-refractivity contribution < 1.29 is 18.7 Å². The average molecular weight is 262 g/mol. The lowest BCUT2D eigenvalue weighted by molar-refractivity contribution is -0.142. The highest BCUT2D eigenvalue weighted by atomic mass is 16.6. The summed E-state index contributed by atoms with van der Waals surface area (Å²) in [5.41, 5.74) is 0.918. The fourth-order valence-electron chi connectivity index (χ4n) is 1.39. The van der Waals surface area contributed by atoms with Crippen LogP contribution in [0.5, 0.6) is 5.75 Å². The normalized spacial score (nSPS) is 9.95. The van der Waals surface area contributed by atoms with E-state index in [2.05, 4.69) is 15.0 Å². The van der Waals surface area contributed by atoms with E-state index in [4.69, 9.17) is 9.15 Å². The van der Waals surface area contributed by atoms with Crippen LogP contribution >= 0.6 is 0 Å². The predicted octanol–water partition coefficient (Wildman–Crippen LogP) is 1.84. The van der Waals surface area contributed by atoms with Crippen LogP contribution < -0.4 is 10.1 Å². The summed E-state index contributed by atoms with van der Waals surface area (Å²) < 4.78 is 14.8. The Hall–Kier alpha value is -2.50. The minimum atomic E-state index is -0.410. The number of nitrogens with one attached hydrogen (secondary N) is 1. The standard InChI is InChI=1S/C13H14N2O4/c1-17-13(16)8-18-11-4-2-10(3-5-11)15-7-12-6-14-9-19-12/h2-6,9,15H,7-8H2,1H3. The van der Waals surface area contributed by atoms with Crippen molar-refractivity contribution in [1.82, 2.24) is 4.98 Å². The number of esters is 1. The van der Waals surface area contributed by atoms with Gasteiger partial charge < -0.3 is 19.2 Å². The molecule has 0 saturated carbocycles. The molecule has 0 aliphatic heterocycles. The number of hydrogen-bond donors (Lipinski definition) is 1. The smallest absolute Gasteiger partial charge is 0.343 e. The Labute approximate surface area is 110 Å². The number of ether oxygens (including phenoxy) is 2. The largest absolute Gasteiger partial charge is 0.482 e. The number of oxazole rings is 1. The van der Waals surface area contributed by atoms with E-state index in [1.807, 2.05) is 12.1 Å². The van der Waals surface area contributed by atoms with Crippen LogP contribution in [0.1, 0.15) is 5.76 Å². The summed E-state index contributed by atoms with van der Waals surface area (Å²) in [5.74, 6) is 0.953.